The lowest BCUT2D eigenvalue weighted by molar-refractivity contribution is 0.943. The molecule has 0 bridgehead atoms. The van der Waals surface area contributed by atoms with Crippen molar-refractivity contribution in [2.75, 3.05) is 0 Å². The number of allylic oxidation sites excluding steroid dienone is 1. The summed E-state index contributed by atoms with van der Waals surface area (Å²) in [6, 6.07) is 3.99. The van der Waals surface area contributed by atoms with Crippen LogP contribution in [-0.2, 0) is 6.42 Å². The Balaban J connectivity index is 2.42. The topological polar surface area (TPSA) is 30.7 Å². The van der Waals surface area contributed by atoms with Crippen LogP contribution in [-0.4, -0.2) is 14.5 Å². The van der Waals surface area contributed by atoms with Crippen LogP contribution in [0.2, 0.25) is 0 Å². The summed E-state index contributed by atoms with van der Waals surface area (Å²) < 4.78 is 2.86. The first-order valence-corrected chi connectivity index (χ1v) is 6.61. The van der Waals surface area contributed by atoms with Crippen LogP contribution < -0.4 is 0 Å². The Kier molecular flexibility index (Phi) is 3.87. The molecule has 0 aromatic carbocycles. The molecule has 0 aliphatic heterocycles. The largest absolute Gasteiger partial charge is 0.359 e. The van der Waals surface area contributed by atoms with E-state index in [0.29, 0.717) is 0 Å². The average Bonchev–Trinajstić information content (AvgIpc) is 2.87. The monoisotopic (exact) mass is 304 g/mol. The van der Waals surface area contributed by atoms with Crippen molar-refractivity contribution >= 4 is 15.9 Å². The Morgan fingerprint density at radius 3 is 2.94 bits per heavy atom. The Morgan fingerprint density at radius 1 is 1.50 bits per heavy atom. The van der Waals surface area contributed by atoms with Crippen molar-refractivity contribution in [3.05, 3.63) is 59.2 Å². The van der Waals surface area contributed by atoms with Gasteiger partial charge in [0.15, 0.2) is 0 Å². The van der Waals surface area contributed by atoms with E-state index in [4.69, 9.17) is 0 Å². The molecule has 0 spiro atoms. The predicted octanol–water partition coefficient (Wildman–Crippen LogP) is 3.72. The fraction of sp³-hybridized carbons (Fsp3) is 0.214. The van der Waals surface area contributed by atoms with Crippen molar-refractivity contribution in [2.45, 2.75) is 20.3 Å². The summed E-state index contributed by atoms with van der Waals surface area (Å²) in [4.78, 5) is 8.86. The molecule has 0 amide bonds. The molecule has 18 heavy (non-hydrogen) atoms. The third kappa shape index (κ3) is 2.48. The van der Waals surface area contributed by atoms with Crippen LogP contribution in [0.25, 0.3) is 5.69 Å². The zero-order chi connectivity index (χ0) is 13.1. The maximum Gasteiger partial charge on any atom is 0.106 e. The number of hydrogen-bond acceptors (Lipinski definition) is 2. The fourth-order valence-electron chi connectivity index (χ4n) is 1.73. The zero-order valence-electron chi connectivity index (χ0n) is 10.5. The molecule has 0 fully saturated rings. The van der Waals surface area contributed by atoms with Crippen molar-refractivity contribution < 1.29 is 0 Å². The minimum Gasteiger partial charge on any atom is -0.359 e. The third-order valence-corrected chi connectivity index (χ3v) is 3.26. The second kappa shape index (κ2) is 5.40. The van der Waals surface area contributed by atoms with Gasteiger partial charge in [0.05, 0.1) is 17.7 Å². The molecule has 2 heterocycles. The Labute approximate surface area is 116 Å². The summed E-state index contributed by atoms with van der Waals surface area (Å²) in [6.45, 7) is 7.85. The quantitative estimate of drug-likeness (QED) is 0.636. The summed E-state index contributed by atoms with van der Waals surface area (Å²) in [5, 5.41) is 0. The summed E-state index contributed by atoms with van der Waals surface area (Å²) in [5.74, 6) is 1.07. The van der Waals surface area contributed by atoms with Crippen molar-refractivity contribution in [1.29, 1.82) is 0 Å². The van der Waals surface area contributed by atoms with E-state index < -0.39 is 0 Å². The van der Waals surface area contributed by atoms with Crippen molar-refractivity contribution in [1.82, 2.24) is 14.5 Å². The van der Waals surface area contributed by atoms with Gasteiger partial charge in [-0.2, -0.15) is 12.7 Å². The number of nitrogens with zero attached hydrogens (tertiary/aromatic N) is 3. The van der Waals surface area contributed by atoms with Gasteiger partial charge in [0.1, 0.15) is 4.60 Å². The smallest absolute Gasteiger partial charge is 0.106 e. The molecule has 0 saturated heterocycles. The van der Waals surface area contributed by atoms with E-state index in [2.05, 4.69) is 39.4 Å². The Bertz CT molecular complexity index is 560. The molecule has 4 heteroatoms. The Hall–Kier alpha value is -1.55. The minimum atomic E-state index is 0.859. The molecule has 0 aliphatic carbocycles. The van der Waals surface area contributed by atoms with E-state index in [1.165, 1.54) is 0 Å². The molecule has 0 radical (unpaired) electrons. The first-order chi connectivity index (χ1) is 8.65. The molecule has 2 aromatic heterocycles. The highest BCUT2D eigenvalue weighted by Gasteiger charge is 2.05. The van der Waals surface area contributed by atoms with Crippen LogP contribution in [0, 0.1) is 5.92 Å². The standard InChI is InChI=1S/C14H15BrN3/c1-4-10(3)12-8-18(9-16-12)13-6-7-14(15)17-11(13)5-2/h4,6-9H,1,5H2,2-3H3/q-1. The summed E-state index contributed by atoms with van der Waals surface area (Å²) in [5.41, 5.74) is 3.05. The normalized spacial score (nSPS) is 10.4. The number of hydrogen-bond donors (Lipinski definition) is 0. The summed E-state index contributed by atoms with van der Waals surface area (Å²) >= 11 is 3.40. The third-order valence-electron chi connectivity index (χ3n) is 2.82. The molecule has 0 atom stereocenters. The van der Waals surface area contributed by atoms with Gasteiger partial charge in [-0.05, 0) is 40.2 Å². The van der Waals surface area contributed by atoms with Crippen LogP contribution in [0.15, 0.2) is 41.9 Å². The SMILES string of the molecule is C=C[C-](C)c1cn(-c2ccc(Br)nc2CC)cn1. The molecule has 3 nitrogen and oxygen atoms in total. The Morgan fingerprint density at radius 2 is 2.28 bits per heavy atom. The van der Waals surface area contributed by atoms with Gasteiger partial charge < -0.3 is 4.57 Å². The van der Waals surface area contributed by atoms with Gasteiger partial charge in [0.25, 0.3) is 0 Å². The van der Waals surface area contributed by atoms with E-state index in [-0.39, 0.29) is 0 Å². The highest BCUT2D eigenvalue weighted by molar-refractivity contribution is 9.10. The van der Waals surface area contributed by atoms with Crippen molar-refractivity contribution in [2.24, 2.45) is 0 Å². The van der Waals surface area contributed by atoms with Gasteiger partial charge >= 0.3 is 0 Å². The van der Waals surface area contributed by atoms with Crippen LogP contribution in [0.5, 0.6) is 0 Å². The number of imidazole rings is 1. The number of halogens is 1. The lowest BCUT2D eigenvalue weighted by Gasteiger charge is -2.11. The second-order valence-corrected chi connectivity index (χ2v) is 4.82. The van der Waals surface area contributed by atoms with Crippen LogP contribution in [0.1, 0.15) is 25.2 Å². The van der Waals surface area contributed by atoms with Gasteiger partial charge in [-0.25, -0.2) is 4.98 Å². The fourth-order valence-corrected chi connectivity index (χ4v) is 2.07. The lowest BCUT2D eigenvalue weighted by Crippen LogP contribution is -1.99. The first-order valence-electron chi connectivity index (χ1n) is 5.81. The summed E-state index contributed by atoms with van der Waals surface area (Å²) in [7, 11) is 0. The second-order valence-electron chi connectivity index (χ2n) is 4.01. The van der Waals surface area contributed by atoms with Gasteiger partial charge in [-0.1, -0.05) is 20.0 Å². The molecular formula is C14H15BrN3-. The van der Waals surface area contributed by atoms with Crippen LogP contribution in [0.3, 0.4) is 0 Å². The van der Waals surface area contributed by atoms with Gasteiger partial charge in [0.2, 0.25) is 0 Å². The van der Waals surface area contributed by atoms with Gasteiger partial charge in [0, 0.05) is 0 Å². The van der Waals surface area contributed by atoms with Crippen LogP contribution in [0.4, 0.5) is 0 Å². The van der Waals surface area contributed by atoms with E-state index in [1.54, 1.807) is 0 Å². The van der Waals surface area contributed by atoms with E-state index >= 15 is 0 Å². The van der Waals surface area contributed by atoms with Crippen LogP contribution >= 0.6 is 15.9 Å². The maximum atomic E-state index is 4.48. The summed E-state index contributed by atoms with van der Waals surface area (Å²) in [6.07, 6.45) is 6.51. The maximum absolute atomic E-state index is 4.48. The molecule has 94 valence electrons. The zero-order valence-corrected chi connectivity index (χ0v) is 12.1. The molecule has 0 saturated carbocycles. The number of pyridine rings is 1. The molecule has 2 rings (SSSR count). The minimum absolute atomic E-state index is 0.859. The predicted molar refractivity (Wildman–Crippen MR) is 76.7 cm³/mol. The van der Waals surface area contributed by atoms with Gasteiger partial charge in [-0.3, -0.25) is 4.98 Å². The number of aromatic nitrogens is 3. The highest BCUT2D eigenvalue weighted by atomic mass is 79.9. The van der Waals surface area contributed by atoms with Gasteiger partial charge in [-0.15, -0.1) is 5.92 Å². The van der Waals surface area contributed by atoms with Crippen molar-refractivity contribution in [3.63, 3.8) is 0 Å². The molecular weight excluding hydrogens is 290 g/mol. The molecule has 0 N–H and O–H groups in total. The number of rotatable bonds is 4. The average molecular weight is 305 g/mol. The number of aryl methyl sites for hydroxylation is 1. The van der Waals surface area contributed by atoms with E-state index in [1.807, 2.05) is 42.2 Å². The molecule has 0 aliphatic rings. The highest BCUT2D eigenvalue weighted by Crippen LogP contribution is 2.19. The lowest BCUT2D eigenvalue weighted by atomic mass is 10.1. The van der Waals surface area contributed by atoms with Crippen molar-refractivity contribution in [3.8, 4) is 5.69 Å². The molecule has 0 unspecified atom stereocenters. The van der Waals surface area contributed by atoms with E-state index in [0.717, 1.165) is 34.0 Å². The van der Waals surface area contributed by atoms with E-state index in [9.17, 15) is 0 Å². The molecule has 2 aromatic rings. The first kappa shape index (κ1) is 12.9.